The molecule has 0 saturated carbocycles. The molecule has 2 aromatic rings. The number of carbonyl (C=O) groups is 1. The monoisotopic (exact) mass is 234 g/mol. The smallest absolute Gasteiger partial charge is 0.284 e. The van der Waals surface area contributed by atoms with Crippen LogP contribution >= 0.6 is 11.3 Å². The molecule has 5 heteroatoms. The van der Waals surface area contributed by atoms with Crippen molar-refractivity contribution in [1.29, 1.82) is 0 Å². The van der Waals surface area contributed by atoms with E-state index in [1.807, 2.05) is 6.92 Å². The molecule has 1 aromatic heterocycles. The fourth-order valence-electron chi connectivity index (χ4n) is 1.26. The summed E-state index contributed by atoms with van der Waals surface area (Å²) in [5.41, 5.74) is 1.37. The first-order chi connectivity index (χ1) is 7.66. The lowest BCUT2D eigenvalue weighted by molar-refractivity contribution is 0.102. The van der Waals surface area contributed by atoms with E-state index in [4.69, 9.17) is 0 Å². The van der Waals surface area contributed by atoms with Gasteiger partial charge in [0, 0.05) is 11.6 Å². The second kappa shape index (κ2) is 4.32. The van der Waals surface area contributed by atoms with Gasteiger partial charge >= 0.3 is 0 Å². The first kappa shape index (κ1) is 10.6. The molecule has 16 heavy (non-hydrogen) atoms. The summed E-state index contributed by atoms with van der Waals surface area (Å²) in [6.45, 7) is 1.89. The molecule has 0 unspecified atom stereocenters. The molecule has 0 saturated heterocycles. The number of aromatic nitrogens is 1. The summed E-state index contributed by atoms with van der Waals surface area (Å²) in [5.74, 6) is -0.258. The van der Waals surface area contributed by atoms with Crippen molar-refractivity contribution in [2.24, 2.45) is 0 Å². The van der Waals surface area contributed by atoms with Crippen molar-refractivity contribution in [3.8, 4) is 5.75 Å². The van der Waals surface area contributed by atoms with Crippen LogP contribution in [0.1, 0.15) is 15.4 Å². The summed E-state index contributed by atoms with van der Waals surface area (Å²) in [6, 6.07) is 5.03. The predicted molar refractivity (Wildman–Crippen MR) is 62.9 cm³/mol. The number of thiazole rings is 1. The lowest BCUT2D eigenvalue weighted by Gasteiger charge is -2.06. The number of hydrogen-bond acceptors (Lipinski definition) is 4. The first-order valence-electron chi connectivity index (χ1n) is 4.67. The Morgan fingerprint density at radius 3 is 3.00 bits per heavy atom. The Bertz CT molecular complexity index is 509. The number of carbonyl (C=O) groups excluding carboxylic acids is 1. The van der Waals surface area contributed by atoms with Gasteiger partial charge in [-0.3, -0.25) is 4.79 Å². The van der Waals surface area contributed by atoms with Crippen LogP contribution in [-0.2, 0) is 0 Å². The van der Waals surface area contributed by atoms with Crippen LogP contribution in [0.15, 0.2) is 29.8 Å². The fourth-order valence-corrected chi connectivity index (χ4v) is 1.79. The van der Waals surface area contributed by atoms with Crippen LogP contribution < -0.4 is 5.32 Å². The van der Waals surface area contributed by atoms with Gasteiger partial charge in [0.1, 0.15) is 5.75 Å². The first-order valence-corrected chi connectivity index (χ1v) is 5.55. The van der Waals surface area contributed by atoms with Gasteiger partial charge in [-0.25, -0.2) is 4.98 Å². The SMILES string of the molecule is Cc1ccc(O)c(NC(=O)c2nccs2)c1. The van der Waals surface area contributed by atoms with E-state index in [1.54, 1.807) is 29.8 Å². The average Bonchev–Trinajstić information content (AvgIpc) is 2.76. The Morgan fingerprint density at radius 2 is 2.31 bits per heavy atom. The minimum absolute atomic E-state index is 0.0514. The summed E-state index contributed by atoms with van der Waals surface area (Å²) in [6.07, 6.45) is 1.57. The van der Waals surface area contributed by atoms with Crippen LogP contribution in [0.5, 0.6) is 5.75 Å². The van der Waals surface area contributed by atoms with Crippen LogP contribution in [0.2, 0.25) is 0 Å². The Morgan fingerprint density at radius 1 is 1.50 bits per heavy atom. The molecular weight excluding hydrogens is 224 g/mol. The molecule has 0 aliphatic carbocycles. The molecule has 1 heterocycles. The van der Waals surface area contributed by atoms with E-state index in [0.717, 1.165) is 5.56 Å². The van der Waals surface area contributed by atoms with Gasteiger partial charge < -0.3 is 10.4 Å². The molecule has 1 amide bonds. The highest BCUT2D eigenvalue weighted by Crippen LogP contribution is 2.24. The maximum absolute atomic E-state index is 11.7. The molecule has 82 valence electrons. The molecule has 0 atom stereocenters. The number of phenols is 1. The highest BCUT2D eigenvalue weighted by molar-refractivity contribution is 7.11. The Labute approximate surface area is 96.6 Å². The lowest BCUT2D eigenvalue weighted by atomic mass is 10.2. The minimum atomic E-state index is -0.309. The standard InChI is InChI=1S/C11H10N2O2S/c1-7-2-3-9(14)8(6-7)13-10(15)11-12-4-5-16-11/h2-6,14H,1H3,(H,13,15). The minimum Gasteiger partial charge on any atom is -0.506 e. The number of hydrogen-bond donors (Lipinski definition) is 2. The van der Waals surface area contributed by atoms with Gasteiger partial charge in [0.2, 0.25) is 0 Å². The molecule has 0 aliphatic rings. The molecule has 4 nitrogen and oxygen atoms in total. The van der Waals surface area contributed by atoms with Gasteiger partial charge in [-0.05, 0) is 24.6 Å². The average molecular weight is 234 g/mol. The van der Waals surface area contributed by atoms with E-state index in [1.165, 1.54) is 11.3 Å². The van der Waals surface area contributed by atoms with Gasteiger partial charge in [-0.15, -0.1) is 11.3 Å². The lowest BCUT2D eigenvalue weighted by Crippen LogP contribution is -2.11. The molecule has 0 bridgehead atoms. The zero-order chi connectivity index (χ0) is 11.5. The van der Waals surface area contributed by atoms with E-state index in [-0.39, 0.29) is 11.7 Å². The maximum atomic E-state index is 11.7. The number of benzene rings is 1. The van der Waals surface area contributed by atoms with E-state index < -0.39 is 0 Å². The second-order valence-electron chi connectivity index (χ2n) is 3.31. The van der Waals surface area contributed by atoms with E-state index in [0.29, 0.717) is 10.7 Å². The summed E-state index contributed by atoms with van der Waals surface area (Å²) >= 11 is 1.26. The summed E-state index contributed by atoms with van der Waals surface area (Å²) in [4.78, 5) is 15.6. The number of amides is 1. The van der Waals surface area contributed by atoms with Crippen LogP contribution in [0.25, 0.3) is 0 Å². The van der Waals surface area contributed by atoms with Crippen molar-refractivity contribution in [2.75, 3.05) is 5.32 Å². The Kier molecular flexibility index (Phi) is 2.87. The molecule has 0 radical (unpaired) electrons. The third kappa shape index (κ3) is 2.20. The van der Waals surface area contributed by atoms with Gasteiger partial charge in [-0.1, -0.05) is 6.07 Å². The van der Waals surface area contributed by atoms with Crippen LogP contribution in [0.4, 0.5) is 5.69 Å². The van der Waals surface area contributed by atoms with Gasteiger partial charge in [0.15, 0.2) is 5.01 Å². The number of phenolic OH excluding ortho intramolecular Hbond substituents is 1. The quantitative estimate of drug-likeness (QED) is 0.784. The third-order valence-corrected chi connectivity index (χ3v) is 2.80. The van der Waals surface area contributed by atoms with Crippen LogP contribution in [-0.4, -0.2) is 16.0 Å². The number of rotatable bonds is 2. The third-order valence-electron chi connectivity index (χ3n) is 2.03. The predicted octanol–water partition coefficient (Wildman–Crippen LogP) is 2.41. The van der Waals surface area contributed by atoms with Crippen LogP contribution in [0, 0.1) is 6.92 Å². The van der Waals surface area contributed by atoms with Crippen molar-refractivity contribution in [1.82, 2.24) is 4.98 Å². The number of nitrogens with one attached hydrogen (secondary N) is 1. The van der Waals surface area contributed by atoms with Crippen LogP contribution in [0.3, 0.4) is 0 Å². The molecule has 2 N–H and O–H groups in total. The highest BCUT2D eigenvalue weighted by Gasteiger charge is 2.10. The number of aryl methyl sites for hydroxylation is 1. The largest absolute Gasteiger partial charge is 0.506 e. The topological polar surface area (TPSA) is 62.2 Å². The molecule has 1 aromatic carbocycles. The highest BCUT2D eigenvalue weighted by atomic mass is 32.1. The molecule has 0 aliphatic heterocycles. The van der Waals surface area contributed by atoms with E-state index in [9.17, 15) is 9.90 Å². The summed E-state index contributed by atoms with van der Waals surface area (Å²) in [5, 5.41) is 14.3. The van der Waals surface area contributed by atoms with E-state index >= 15 is 0 Å². The molecule has 0 spiro atoms. The van der Waals surface area contributed by atoms with Crippen molar-refractivity contribution in [3.63, 3.8) is 0 Å². The Balaban J connectivity index is 2.21. The maximum Gasteiger partial charge on any atom is 0.284 e. The number of anilines is 1. The molecule has 0 fully saturated rings. The number of nitrogens with zero attached hydrogens (tertiary/aromatic N) is 1. The zero-order valence-corrected chi connectivity index (χ0v) is 9.41. The van der Waals surface area contributed by atoms with Crippen molar-refractivity contribution >= 4 is 22.9 Å². The second-order valence-corrected chi connectivity index (χ2v) is 4.21. The van der Waals surface area contributed by atoms with Crippen molar-refractivity contribution in [2.45, 2.75) is 6.92 Å². The summed E-state index contributed by atoms with van der Waals surface area (Å²) in [7, 11) is 0. The zero-order valence-electron chi connectivity index (χ0n) is 8.60. The van der Waals surface area contributed by atoms with Crippen molar-refractivity contribution < 1.29 is 9.90 Å². The van der Waals surface area contributed by atoms with Gasteiger partial charge in [-0.2, -0.15) is 0 Å². The summed E-state index contributed by atoms with van der Waals surface area (Å²) < 4.78 is 0. The molecular formula is C11H10N2O2S. The number of aromatic hydroxyl groups is 1. The van der Waals surface area contributed by atoms with Gasteiger partial charge in [0.25, 0.3) is 5.91 Å². The van der Waals surface area contributed by atoms with E-state index in [2.05, 4.69) is 10.3 Å². The van der Waals surface area contributed by atoms with Gasteiger partial charge in [0.05, 0.1) is 5.69 Å². The Hall–Kier alpha value is -1.88. The molecule has 2 rings (SSSR count). The fraction of sp³-hybridized carbons (Fsp3) is 0.0909. The van der Waals surface area contributed by atoms with Crippen molar-refractivity contribution in [3.05, 3.63) is 40.3 Å². The normalized spacial score (nSPS) is 10.1.